The summed E-state index contributed by atoms with van der Waals surface area (Å²) in [6.07, 6.45) is 7.56. The lowest BCUT2D eigenvalue weighted by Crippen LogP contribution is -2.41. The van der Waals surface area contributed by atoms with Crippen LogP contribution in [0.3, 0.4) is 0 Å². The fraction of sp³-hybridized carbons (Fsp3) is 0.367. The summed E-state index contributed by atoms with van der Waals surface area (Å²) in [7, 11) is 1.86. The number of fused-ring (bicyclic) bond motifs is 3. The van der Waals surface area contributed by atoms with E-state index >= 15 is 9.18 Å². The maximum atomic E-state index is 15.6. The number of halogens is 1. The lowest BCUT2D eigenvalue weighted by atomic mass is 9.83. The van der Waals surface area contributed by atoms with E-state index in [1.165, 1.54) is 22.7 Å². The van der Waals surface area contributed by atoms with Crippen LogP contribution < -0.4 is 11.3 Å². The molecule has 332 valence electrons. The van der Waals surface area contributed by atoms with Crippen molar-refractivity contribution in [2.24, 2.45) is 13.0 Å². The Bertz CT molecular complexity index is 3360. The SMILES string of the molecule is Cc1cc(-n2nc3c(c2-c2cncn(-c4ccc5c(cnn5C)c4)c2=O)[C@H](C)N(C(=O)c2cc4cc([C@H]5CCOC(C)(C)C5)ccc4n2[C@@]2(c4noc(=O)[nH]4)C[C@@H]2C)CC3)cc(C)c1F. The number of ether oxygens (including phenoxy) is 1. The van der Waals surface area contributed by atoms with Gasteiger partial charge in [-0.25, -0.2) is 18.9 Å². The molecule has 3 aromatic carbocycles. The second-order valence-electron chi connectivity index (χ2n) is 18.9. The number of benzene rings is 3. The van der Waals surface area contributed by atoms with E-state index in [9.17, 15) is 9.59 Å². The lowest BCUT2D eigenvalue weighted by molar-refractivity contribution is -0.0592. The zero-order valence-electron chi connectivity index (χ0n) is 37.3. The Morgan fingerprint density at radius 2 is 1.71 bits per heavy atom. The van der Waals surface area contributed by atoms with Crippen molar-refractivity contribution in [3.8, 4) is 22.6 Å². The van der Waals surface area contributed by atoms with Gasteiger partial charge in [-0.05, 0) is 131 Å². The number of nitrogens with zero attached hydrogens (tertiary/aromatic N) is 9. The second kappa shape index (κ2) is 14.5. The first-order valence-corrected chi connectivity index (χ1v) is 22.2. The molecule has 0 unspecified atom stereocenters. The number of aromatic amines is 1. The van der Waals surface area contributed by atoms with Crippen LogP contribution in [0.2, 0.25) is 0 Å². The molecule has 16 heteroatoms. The number of H-pyrrole nitrogens is 1. The predicted octanol–water partition coefficient (Wildman–Crippen LogP) is 7.57. The third kappa shape index (κ3) is 6.35. The number of carbonyl (C=O) groups excluding carboxylic acids is 1. The van der Waals surface area contributed by atoms with Gasteiger partial charge in [0.15, 0.2) is 5.82 Å². The summed E-state index contributed by atoms with van der Waals surface area (Å²) in [6, 6.07) is 16.9. The average molecular weight is 877 g/mol. The summed E-state index contributed by atoms with van der Waals surface area (Å²) in [5, 5.41) is 15.5. The standard InChI is InChI=1S/C49H49FN10O5/c1-26-16-35(17-27(2)42(26)50)60-43(36-24-51-25-58(44(36)61)34-9-11-38-33(19-34)23-52-56(38)7)41-29(4)57(14-12-37(41)54-60)45(62)40-20-32-18-30(31-13-15-64-48(5,6)22-31)8-10-39(32)59(40)49(21-28(49)3)46-53-47(63)65-55-46/h8-11,16-20,23-25,28-29,31H,12-15,21-22H2,1-7H3,(H,53,55,63)/t28-,29-,31-,49-/m0/s1. The second-order valence-corrected chi connectivity index (χ2v) is 18.9. The molecule has 15 nitrogen and oxygen atoms in total. The minimum Gasteiger partial charge on any atom is -0.376 e. The number of aryl methyl sites for hydroxylation is 3. The van der Waals surface area contributed by atoms with Crippen molar-refractivity contribution in [2.45, 2.75) is 90.3 Å². The van der Waals surface area contributed by atoms with Gasteiger partial charge in [-0.15, -0.1) is 0 Å². The molecule has 0 radical (unpaired) electrons. The Morgan fingerprint density at radius 3 is 2.43 bits per heavy atom. The molecule has 0 spiro atoms. The summed E-state index contributed by atoms with van der Waals surface area (Å²) < 4.78 is 33.3. The van der Waals surface area contributed by atoms with Crippen molar-refractivity contribution in [1.82, 2.24) is 48.7 Å². The molecule has 0 bridgehead atoms. The molecule has 1 aliphatic carbocycles. The van der Waals surface area contributed by atoms with Crippen LogP contribution in [0.1, 0.15) is 103 Å². The van der Waals surface area contributed by atoms with Crippen LogP contribution in [0.15, 0.2) is 87.4 Å². The maximum absolute atomic E-state index is 15.6. The van der Waals surface area contributed by atoms with E-state index < -0.39 is 17.3 Å². The molecule has 1 saturated carbocycles. The Hall–Kier alpha value is -6.94. The number of rotatable bonds is 7. The summed E-state index contributed by atoms with van der Waals surface area (Å²) >= 11 is 0. The van der Waals surface area contributed by atoms with Crippen molar-refractivity contribution in [3.63, 3.8) is 0 Å². The van der Waals surface area contributed by atoms with Crippen molar-refractivity contribution < 1.29 is 18.4 Å². The molecule has 1 amide bonds. The van der Waals surface area contributed by atoms with Gasteiger partial charge in [0.25, 0.3) is 11.5 Å². The first-order valence-electron chi connectivity index (χ1n) is 22.2. The van der Waals surface area contributed by atoms with E-state index in [-0.39, 0.29) is 40.3 Å². The zero-order valence-corrected chi connectivity index (χ0v) is 37.3. The molecule has 5 aromatic heterocycles. The van der Waals surface area contributed by atoms with E-state index in [2.05, 4.69) is 63.8 Å². The minimum atomic E-state index is -0.834. The highest BCUT2D eigenvalue weighted by molar-refractivity contribution is 6.00. The molecular formula is C49H49FN10O5. The van der Waals surface area contributed by atoms with Gasteiger partial charge in [-0.2, -0.15) is 10.2 Å². The molecule has 11 rings (SSSR count). The molecule has 2 fully saturated rings. The highest BCUT2D eigenvalue weighted by atomic mass is 19.1. The number of aromatic nitrogens is 9. The third-order valence-electron chi connectivity index (χ3n) is 14.2. The lowest BCUT2D eigenvalue weighted by Gasteiger charge is -2.35. The van der Waals surface area contributed by atoms with Crippen molar-refractivity contribution in [1.29, 1.82) is 0 Å². The fourth-order valence-corrected chi connectivity index (χ4v) is 10.8. The predicted molar refractivity (Wildman–Crippen MR) is 241 cm³/mol. The first-order chi connectivity index (χ1) is 31.1. The number of hydrogen-bond donors (Lipinski definition) is 1. The van der Waals surface area contributed by atoms with Crippen LogP contribution in [0.25, 0.3) is 44.4 Å². The van der Waals surface area contributed by atoms with Gasteiger partial charge in [-0.3, -0.25) is 28.3 Å². The first kappa shape index (κ1) is 40.8. The molecule has 65 heavy (non-hydrogen) atoms. The largest absolute Gasteiger partial charge is 0.438 e. The Labute approximate surface area is 372 Å². The van der Waals surface area contributed by atoms with Crippen LogP contribution in [-0.4, -0.2) is 73.4 Å². The van der Waals surface area contributed by atoms with Crippen LogP contribution in [0.4, 0.5) is 4.39 Å². The zero-order chi connectivity index (χ0) is 45.3. The molecule has 1 saturated heterocycles. The monoisotopic (exact) mass is 876 g/mol. The highest BCUT2D eigenvalue weighted by Gasteiger charge is 2.59. The Balaban J connectivity index is 1.06. The molecule has 8 aromatic rings. The number of amides is 1. The van der Waals surface area contributed by atoms with Gasteiger partial charge in [0.2, 0.25) is 0 Å². The minimum absolute atomic E-state index is 0.0193. The van der Waals surface area contributed by atoms with Crippen LogP contribution >= 0.6 is 0 Å². The summed E-state index contributed by atoms with van der Waals surface area (Å²) in [5.41, 5.74) is 6.19. The van der Waals surface area contributed by atoms with E-state index in [4.69, 9.17) is 14.4 Å². The van der Waals surface area contributed by atoms with E-state index in [1.54, 1.807) is 41.5 Å². The molecular weight excluding hydrogens is 828 g/mol. The van der Waals surface area contributed by atoms with E-state index in [0.29, 0.717) is 71.3 Å². The number of nitrogens with one attached hydrogen (secondary N) is 1. The normalized spacial score (nSPS) is 21.6. The van der Waals surface area contributed by atoms with E-state index in [1.807, 2.05) is 43.1 Å². The maximum Gasteiger partial charge on any atom is 0.438 e. The fourth-order valence-electron chi connectivity index (χ4n) is 10.8. The molecule has 1 N–H and O–H groups in total. The van der Waals surface area contributed by atoms with Gasteiger partial charge in [0, 0.05) is 54.7 Å². The number of hydrogen-bond acceptors (Lipinski definition) is 9. The number of carbonyl (C=O) groups is 1. The Kier molecular flexibility index (Phi) is 9.13. The van der Waals surface area contributed by atoms with Crippen molar-refractivity contribution >= 4 is 27.7 Å². The van der Waals surface area contributed by atoms with Gasteiger partial charge >= 0.3 is 5.76 Å². The smallest absolute Gasteiger partial charge is 0.376 e. The summed E-state index contributed by atoms with van der Waals surface area (Å²) in [5.74, 6) is -0.527. The van der Waals surface area contributed by atoms with Gasteiger partial charge < -0.3 is 14.2 Å². The summed E-state index contributed by atoms with van der Waals surface area (Å²) in [6.45, 7) is 12.7. The average Bonchev–Trinajstić information content (AvgIpc) is 3.77. The van der Waals surface area contributed by atoms with Gasteiger partial charge in [0.05, 0.1) is 51.7 Å². The third-order valence-corrected chi connectivity index (χ3v) is 14.2. The highest BCUT2D eigenvalue weighted by Crippen LogP contribution is 2.56. The van der Waals surface area contributed by atoms with Crippen LogP contribution in [-0.2, 0) is 23.7 Å². The Morgan fingerprint density at radius 1 is 0.938 bits per heavy atom. The molecule has 3 aliphatic rings. The summed E-state index contributed by atoms with van der Waals surface area (Å²) in [4.78, 5) is 52.2. The topological polar surface area (TPSA) is 164 Å². The van der Waals surface area contributed by atoms with Gasteiger partial charge in [-0.1, -0.05) is 18.1 Å². The van der Waals surface area contributed by atoms with Gasteiger partial charge in [0.1, 0.15) is 23.4 Å². The van der Waals surface area contributed by atoms with Crippen molar-refractivity contribution in [3.05, 3.63) is 140 Å². The van der Waals surface area contributed by atoms with E-state index in [0.717, 1.165) is 40.3 Å². The molecule has 4 atom stereocenters. The molecule has 7 heterocycles. The van der Waals surface area contributed by atoms with Crippen LogP contribution in [0, 0.1) is 25.6 Å². The van der Waals surface area contributed by atoms with Crippen molar-refractivity contribution in [2.75, 3.05) is 13.2 Å². The van der Waals surface area contributed by atoms with Crippen LogP contribution in [0.5, 0.6) is 0 Å². The quantitative estimate of drug-likeness (QED) is 0.170. The molecule has 2 aliphatic heterocycles.